The van der Waals surface area contributed by atoms with Crippen molar-refractivity contribution in [3.8, 4) is 5.75 Å². The van der Waals surface area contributed by atoms with Gasteiger partial charge in [0.25, 0.3) is 0 Å². The summed E-state index contributed by atoms with van der Waals surface area (Å²) in [5.41, 5.74) is 0. The fourth-order valence-electron chi connectivity index (χ4n) is 1.15. The largest absolute Gasteiger partial charge is 0.481 e. The van der Waals surface area contributed by atoms with Gasteiger partial charge < -0.3 is 15.2 Å². The number of likely N-dealkylation sites (N-methyl/N-ethyl adjacent to an activating group) is 1. The van der Waals surface area contributed by atoms with Crippen LogP contribution in [0.25, 0.3) is 0 Å². The number of aliphatic carboxylic acids is 1. The highest BCUT2D eigenvalue weighted by Crippen LogP contribution is 2.09. The van der Waals surface area contributed by atoms with Gasteiger partial charge in [-0.25, -0.2) is 4.79 Å². The first-order valence-corrected chi connectivity index (χ1v) is 4.79. The molecule has 0 saturated carbocycles. The lowest BCUT2D eigenvalue weighted by Crippen LogP contribution is -2.39. The van der Waals surface area contributed by atoms with Crippen LogP contribution in [-0.4, -0.2) is 30.1 Å². The molecule has 0 saturated heterocycles. The number of ether oxygens (including phenoxy) is 1. The molecule has 1 atom stereocenters. The van der Waals surface area contributed by atoms with Crippen molar-refractivity contribution < 1.29 is 19.4 Å². The van der Waals surface area contributed by atoms with Gasteiger partial charge in [-0.3, -0.25) is 4.79 Å². The second-order valence-corrected chi connectivity index (χ2v) is 3.17. The van der Waals surface area contributed by atoms with E-state index in [-0.39, 0.29) is 6.42 Å². The van der Waals surface area contributed by atoms with Crippen LogP contribution in [0, 0.1) is 0 Å². The maximum Gasteiger partial charge on any atom is 0.329 e. The van der Waals surface area contributed by atoms with Crippen molar-refractivity contribution in [1.82, 2.24) is 5.32 Å². The average molecular weight is 223 g/mol. The zero-order valence-corrected chi connectivity index (χ0v) is 8.84. The zero-order chi connectivity index (χ0) is 12.0. The van der Waals surface area contributed by atoms with Crippen molar-refractivity contribution in [3.05, 3.63) is 30.3 Å². The molecule has 0 amide bonds. The van der Waals surface area contributed by atoms with Crippen LogP contribution in [0.5, 0.6) is 5.75 Å². The van der Waals surface area contributed by atoms with Gasteiger partial charge in [-0.15, -0.1) is 0 Å². The summed E-state index contributed by atoms with van der Waals surface area (Å²) < 4.78 is 5.00. The molecular weight excluding hydrogens is 210 g/mol. The van der Waals surface area contributed by atoms with Crippen LogP contribution in [0.2, 0.25) is 0 Å². The molecule has 0 fully saturated rings. The number of carboxylic acid groups (broad SMARTS) is 1. The van der Waals surface area contributed by atoms with Gasteiger partial charge in [-0.05, 0) is 19.2 Å². The van der Waals surface area contributed by atoms with E-state index in [0.29, 0.717) is 5.75 Å². The third-order valence-electron chi connectivity index (χ3n) is 1.97. The third-order valence-corrected chi connectivity index (χ3v) is 1.97. The number of para-hydroxylation sites is 1. The molecule has 0 radical (unpaired) electrons. The molecule has 0 bridgehead atoms. The Kier molecular flexibility index (Phi) is 4.47. The molecule has 5 nitrogen and oxygen atoms in total. The molecule has 0 aliphatic carbocycles. The minimum absolute atomic E-state index is 0.303. The molecule has 0 aromatic heterocycles. The maximum absolute atomic E-state index is 11.5. The monoisotopic (exact) mass is 223 g/mol. The number of carboxylic acids is 1. The Morgan fingerprint density at radius 3 is 2.50 bits per heavy atom. The molecule has 1 aromatic carbocycles. The quantitative estimate of drug-likeness (QED) is 0.566. The van der Waals surface area contributed by atoms with Crippen LogP contribution < -0.4 is 10.1 Å². The number of hydrogen-bond acceptors (Lipinski definition) is 4. The highest BCUT2D eigenvalue weighted by Gasteiger charge is 2.21. The van der Waals surface area contributed by atoms with Crippen LogP contribution >= 0.6 is 0 Å². The summed E-state index contributed by atoms with van der Waals surface area (Å²) in [7, 11) is 1.51. The zero-order valence-electron chi connectivity index (χ0n) is 8.84. The number of carbonyl (C=O) groups excluding carboxylic acids is 1. The molecular formula is C11H13NO4. The third kappa shape index (κ3) is 3.70. The first-order valence-electron chi connectivity index (χ1n) is 4.79. The molecule has 1 unspecified atom stereocenters. The topological polar surface area (TPSA) is 75.6 Å². The predicted octanol–water partition coefficient (Wildman–Crippen LogP) is 0.655. The molecule has 16 heavy (non-hydrogen) atoms. The predicted molar refractivity (Wildman–Crippen MR) is 57.2 cm³/mol. The van der Waals surface area contributed by atoms with Crippen LogP contribution in [0.4, 0.5) is 0 Å². The van der Waals surface area contributed by atoms with Gasteiger partial charge in [0.2, 0.25) is 0 Å². The van der Waals surface area contributed by atoms with E-state index in [1.807, 2.05) is 0 Å². The fourth-order valence-corrected chi connectivity index (χ4v) is 1.15. The lowest BCUT2D eigenvalue weighted by atomic mass is 10.2. The Hall–Kier alpha value is -1.88. The van der Waals surface area contributed by atoms with Crippen molar-refractivity contribution in [2.45, 2.75) is 12.5 Å². The standard InChI is InChI=1S/C11H13NO4/c1-12-9(7-10(13)14)11(15)16-8-5-3-2-4-6-8/h2-6,9,12H,7H2,1H3,(H,13,14). The van der Waals surface area contributed by atoms with E-state index in [0.717, 1.165) is 0 Å². The lowest BCUT2D eigenvalue weighted by molar-refractivity contribution is -0.144. The van der Waals surface area contributed by atoms with Crippen molar-refractivity contribution in [3.63, 3.8) is 0 Å². The minimum Gasteiger partial charge on any atom is -0.481 e. The van der Waals surface area contributed by atoms with Crippen LogP contribution in [0.1, 0.15) is 6.42 Å². The fraction of sp³-hybridized carbons (Fsp3) is 0.273. The number of hydrogen-bond donors (Lipinski definition) is 2. The summed E-state index contributed by atoms with van der Waals surface area (Å²) in [6.07, 6.45) is -0.303. The second kappa shape index (κ2) is 5.87. The smallest absolute Gasteiger partial charge is 0.329 e. The van der Waals surface area contributed by atoms with Gasteiger partial charge in [0, 0.05) is 0 Å². The van der Waals surface area contributed by atoms with Gasteiger partial charge in [-0.1, -0.05) is 18.2 Å². The Bertz CT molecular complexity index is 364. The number of rotatable bonds is 5. The van der Waals surface area contributed by atoms with Crippen molar-refractivity contribution in [1.29, 1.82) is 0 Å². The molecule has 0 aliphatic rings. The van der Waals surface area contributed by atoms with Gasteiger partial charge in [0.1, 0.15) is 11.8 Å². The van der Waals surface area contributed by atoms with Gasteiger partial charge in [0.05, 0.1) is 6.42 Å². The molecule has 0 spiro atoms. The molecule has 5 heteroatoms. The highest BCUT2D eigenvalue weighted by atomic mass is 16.5. The molecule has 1 aromatic rings. The van der Waals surface area contributed by atoms with Crippen molar-refractivity contribution >= 4 is 11.9 Å². The summed E-state index contributed by atoms with van der Waals surface area (Å²) in [5.74, 6) is -1.25. The highest BCUT2D eigenvalue weighted by molar-refractivity contribution is 5.83. The number of carbonyl (C=O) groups is 2. The Labute approximate surface area is 93.0 Å². The Balaban J connectivity index is 2.59. The van der Waals surface area contributed by atoms with E-state index in [2.05, 4.69) is 5.32 Å². The molecule has 86 valence electrons. The summed E-state index contributed by atoms with van der Waals surface area (Å²) in [5, 5.41) is 11.2. The number of benzene rings is 1. The Morgan fingerprint density at radius 2 is 2.00 bits per heavy atom. The number of nitrogens with one attached hydrogen (secondary N) is 1. The lowest BCUT2D eigenvalue weighted by Gasteiger charge is -2.12. The number of esters is 1. The minimum atomic E-state index is -1.05. The van der Waals surface area contributed by atoms with E-state index in [1.54, 1.807) is 30.3 Å². The van der Waals surface area contributed by atoms with Crippen molar-refractivity contribution in [2.24, 2.45) is 0 Å². The van der Waals surface area contributed by atoms with E-state index in [9.17, 15) is 9.59 Å². The van der Waals surface area contributed by atoms with E-state index in [1.165, 1.54) is 7.05 Å². The van der Waals surface area contributed by atoms with E-state index >= 15 is 0 Å². The summed E-state index contributed by atoms with van der Waals surface area (Å²) in [6.45, 7) is 0. The molecule has 1 rings (SSSR count). The Morgan fingerprint density at radius 1 is 1.38 bits per heavy atom. The molecule has 0 aliphatic heterocycles. The van der Waals surface area contributed by atoms with Crippen LogP contribution in [0.3, 0.4) is 0 Å². The van der Waals surface area contributed by atoms with Gasteiger partial charge in [-0.2, -0.15) is 0 Å². The van der Waals surface area contributed by atoms with Crippen LogP contribution in [-0.2, 0) is 9.59 Å². The van der Waals surface area contributed by atoms with Gasteiger partial charge >= 0.3 is 11.9 Å². The molecule has 2 N–H and O–H groups in total. The second-order valence-electron chi connectivity index (χ2n) is 3.17. The van der Waals surface area contributed by atoms with E-state index in [4.69, 9.17) is 9.84 Å². The van der Waals surface area contributed by atoms with Crippen molar-refractivity contribution in [2.75, 3.05) is 7.05 Å². The summed E-state index contributed by atoms with van der Waals surface area (Å²) in [4.78, 5) is 22.0. The first-order chi connectivity index (χ1) is 7.63. The summed E-state index contributed by atoms with van der Waals surface area (Å²) in [6, 6.07) is 7.68. The first kappa shape index (κ1) is 12.2. The SMILES string of the molecule is CNC(CC(=O)O)C(=O)Oc1ccccc1. The maximum atomic E-state index is 11.5. The average Bonchev–Trinajstić information content (AvgIpc) is 2.26. The van der Waals surface area contributed by atoms with E-state index < -0.39 is 18.0 Å². The molecule has 0 heterocycles. The summed E-state index contributed by atoms with van der Waals surface area (Å²) >= 11 is 0. The van der Waals surface area contributed by atoms with Crippen LogP contribution in [0.15, 0.2) is 30.3 Å². The van der Waals surface area contributed by atoms with Gasteiger partial charge in [0.15, 0.2) is 0 Å². The normalized spacial score (nSPS) is 11.8.